The summed E-state index contributed by atoms with van der Waals surface area (Å²) in [5.41, 5.74) is 0.451. The number of rotatable bonds is 2. The van der Waals surface area contributed by atoms with E-state index in [1.54, 1.807) is 11.1 Å². The fourth-order valence-electron chi connectivity index (χ4n) is 2.17. The maximum Gasteiger partial charge on any atom is 0.317 e. The first kappa shape index (κ1) is 12.4. The van der Waals surface area contributed by atoms with E-state index in [1.807, 2.05) is 13.0 Å². The Morgan fingerprint density at radius 1 is 1.78 bits per heavy atom. The van der Waals surface area contributed by atoms with E-state index in [9.17, 15) is 4.79 Å². The number of amides is 2. The number of likely N-dealkylation sites (tertiary alicyclic amines) is 1. The Hall–Kier alpha value is -2.03. The largest absolute Gasteiger partial charge is 0.332 e. The zero-order valence-electron chi connectivity index (χ0n) is 10.4. The number of hydrogen-bond acceptors (Lipinski definition) is 3. The first-order valence-corrected chi connectivity index (χ1v) is 6.05. The SMILES string of the molecule is CC1(C#N)CCCN(C(=O)NCc2ccn[nH]2)C1. The van der Waals surface area contributed by atoms with E-state index in [2.05, 4.69) is 21.6 Å². The van der Waals surface area contributed by atoms with E-state index >= 15 is 0 Å². The van der Waals surface area contributed by atoms with Gasteiger partial charge < -0.3 is 10.2 Å². The Kier molecular flexibility index (Phi) is 3.51. The highest BCUT2D eigenvalue weighted by Crippen LogP contribution is 2.28. The zero-order valence-corrected chi connectivity index (χ0v) is 10.4. The highest BCUT2D eigenvalue weighted by atomic mass is 16.2. The number of piperidine rings is 1. The zero-order chi connectivity index (χ0) is 13.0. The van der Waals surface area contributed by atoms with Crippen LogP contribution in [0.25, 0.3) is 0 Å². The van der Waals surface area contributed by atoms with Crippen LogP contribution >= 0.6 is 0 Å². The lowest BCUT2D eigenvalue weighted by Gasteiger charge is -2.35. The summed E-state index contributed by atoms with van der Waals surface area (Å²) < 4.78 is 0. The van der Waals surface area contributed by atoms with Gasteiger partial charge in [-0.25, -0.2) is 4.79 Å². The number of carbonyl (C=O) groups is 1. The van der Waals surface area contributed by atoms with E-state index in [0.29, 0.717) is 19.6 Å². The summed E-state index contributed by atoms with van der Waals surface area (Å²) in [5.74, 6) is 0. The lowest BCUT2D eigenvalue weighted by Crippen LogP contribution is -2.48. The first-order valence-electron chi connectivity index (χ1n) is 6.05. The molecule has 1 aromatic heterocycles. The monoisotopic (exact) mass is 247 g/mol. The third kappa shape index (κ3) is 2.80. The molecule has 0 aromatic carbocycles. The van der Waals surface area contributed by atoms with Crippen molar-refractivity contribution in [3.05, 3.63) is 18.0 Å². The summed E-state index contributed by atoms with van der Waals surface area (Å²) in [6.45, 7) is 3.55. The molecule has 0 spiro atoms. The molecule has 0 radical (unpaired) electrons. The molecule has 1 fully saturated rings. The maximum absolute atomic E-state index is 12.0. The van der Waals surface area contributed by atoms with Gasteiger partial charge in [0.25, 0.3) is 0 Å². The molecule has 1 atom stereocenters. The molecule has 0 aliphatic carbocycles. The van der Waals surface area contributed by atoms with E-state index in [4.69, 9.17) is 5.26 Å². The molecule has 6 heteroatoms. The highest BCUT2D eigenvalue weighted by molar-refractivity contribution is 5.74. The van der Waals surface area contributed by atoms with Gasteiger partial charge in [0.2, 0.25) is 0 Å². The van der Waals surface area contributed by atoms with Crippen molar-refractivity contribution in [2.75, 3.05) is 13.1 Å². The van der Waals surface area contributed by atoms with Crippen molar-refractivity contribution in [2.45, 2.75) is 26.3 Å². The molecule has 1 unspecified atom stereocenters. The number of nitriles is 1. The van der Waals surface area contributed by atoms with Crippen LogP contribution in [0.4, 0.5) is 4.79 Å². The predicted molar refractivity (Wildman–Crippen MR) is 65.4 cm³/mol. The average molecular weight is 247 g/mol. The van der Waals surface area contributed by atoms with Gasteiger partial charge in [0.05, 0.1) is 23.7 Å². The minimum Gasteiger partial charge on any atom is -0.332 e. The minimum absolute atomic E-state index is 0.120. The molecule has 1 aromatic rings. The van der Waals surface area contributed by atoms with E-state index < -0.39 is 5.41 Å². The fraction of sp³-hybridized carbons (Fsp3) is 0.583. The number of nitrogens with one attached hydrogen (secondary N) is 2. The molecule has 2 rings (SSSR count). The van der Waals surface area contributed by atoms with Crippen molar-refractivity contribution in [1.29, 1.82) is 5.26 Å². The Morgan fingerprint density at radius 2 is 2.61 bits per heavy atom. The van der Waals surface area contributed by atoms with Gasteiger partial charge in [-0.1, -0.05) is 0 Å². The van der Waals surface area contributed by atoms with Crippen molar-refractivity contribution in [3.8, 4) is 6.07 Å². The molecule has 18 heavy (non-hydrogen) atoms. The van der Waals surface area contributed by atoms with Crippen LogP contribution in [0.5, 0.6) is 0 Å². The summed E-state index contributed by atoms with van der Waals surface area (Å²) >= 11 is 0. The number of nitrogens with zero attached hydrogens (tertiary/aromatic N) is 3. The number of H-pyrrole nitrogens is 1. The van der Waals surface area contributed by atoms with Gasteiger partial charge in [-0.3, -0.25) is 5.10 Å². The molecule has 0 saturated carbocycles. The Labute approximate surface area is 106 Å². The molecule has 1 aliphatic rings. The fourth-order valence-corrected chi connectivity index (χ4v) is 2.17. The third-order valence-electron chi connectivity index (χ3n) is 3.24. The number of aromatic amines is 1. The molecule has 0 bridgehead atoms. The van der Waals surface area contributed by atoms with Crippen LogP contribution in [0.2, 0.25) is 0 Å². The molecule has 2 N–H and O–H groups in total. The van der Waals surface area contributed by atoms with Crippen LogP contribution in [0.1, 0.15) is 25.5 Å². The van der Waals surface area contributed by atoms with Crippen LogP contribution in [-0.4, -0.2) is 34.2 Å². The van der Waals surface area contributed by atoms with Crippen LogP contribution < -0.4 is 5.32 Å². The Balaban J connectivity index is 1.87. The number of hydrogen-bond donors (Lipinski definition) is 2. The summed E-state index contributed by atoms with van der Waals surface area (Å²) in [6.07, 6.45) is 3.38. The van der Waals surface area contributed by atoms with E-state index in [-0.39, 0.29) is 6.03 Å². The molecular weight excluding hydrogens is 230 g/mol. The van der Waals surface area contributed by atoms with Crippen molar-refractivity contribution >= 4 is 6.03 Å². The van der Waals surface area contributed by atoms with Gasteiger partial charge in [0, 0.05) is 19.3 Å². The van der Waals surface area contributed by atoms with Crippen molar-refractivity contribution in [2.24, 2.45) is 5.41 Å². The third-order valence-corrected chi connectivity index (χ3v) is 3.24. The molecule has 96 valence electrons. The smallest absolute Gasteiger partial charge is 0.317 e. The number of urea groups is 1. The normalized spacial score (nSPS) is 23.4. The standard InChI is InChI=1S/C12H17N5O/c1-12(8-13)4-2-6-17(9-12)11(18)14-7-10-3-5-15-16-10/h3,5H,2,4,6-7,9H2,1H3,(H,14,18)(H,15,16). The highest BCUT2D eigenvalue weighted by Gasteiger charge is 2.32. The predicted octanol–water partition coefficient (Wildman–Crippen LogP) is 1.24. The second-order valence-corrected chi connectivity index (χ2v) is 4.94. The van der Waals surface area contributed by atoms with Crippen LogP contribution in [0.3, 0.4) is 0 Å². The van der Waals surface area contributed by atoms with Gasteiger partial charge in [0.1, 0.15) is 0 Å². The Bertz CT molecular complexity index is 450. The first-order chi connectivity index (χ1) is 8.63. The summed E-state index contributed by atoms with van der Waals surface area (Å²) in [6, 6.07) is 3.99. The average Bonchev–Trinajstić information content (AvgIpc) is 2.89. The van der Waals surface area contributed by atoms with E-state index in [0.717, 1.165) is 18.5 Å². The van der Waals surface area contributed by atoms with Crippen molar-refractivity contribution < 1.29 is 4.79 Å². The topological polar surface area (TPSA) is 84.8 Å². The van der Waals surface area contributed by atoms with Gasteiger partial charge in [-0.2, -0.15) is 10.4 Å². The summed E-state index contributed by atoms with van der Waals surface area (Å²) in [5, 5.41) is 18.5. The van der Waals surface area contributed by atoms with Crippen molar-refractivity contribution in [1.82, 2.24) is 20.4 Å². The second kappa shape index (κ2) is 5.08. The van der Waals surface area contributed by atoms with Crippen LogP contribution in [-0.2, 0) is 6.54 Å². The molecule has 1 aliphatic heterocycles. The molecule has 2 heterocycles. The molecule has 1 saturated heterocycles. The van der Waals surface area contributed by atoms with Crippen LogP contribution in [0.15, 0.2) is 12.3 Å². The number of aromatic nitrogens is 2. The van der Waals surface area contributed by atoms with Gasteiger partial charge >= 0.3 is 6.03 Å². The minimum atomic E-state index is -0.413. The van der Waals surface area contributed by atoms with Gasteiger partial charge in [0.15, 0.2) is 0 Å². The van der Waals surface area contributed by atoms with Gasteiger partial charge in [-0.05, 0) is 25.8 Å². The second-order valence-electron chi connectivity index (χ2n) is 4.94. The van der Waals surface area contributed by atoms with Gasteiger partial charge in [-0.15, -0.1) is 0 Å². The molecule has 6 nitrogen and oxygen atoms in total. The molecular formula is C12H17N5O. The maximum atomic E-state index is 12.0. The summed E-state index contributed by atoms with van der Waals surface area (Å²) in [4.78, 5) is 13.7. The quantitative estimate of drug-likeness (QED) is 0.824. The van der Waals surface area contributed by atoms with E-state index in [1.165, 1.54) is 0 Å². The van der Waals surface area contributed by atoms with Crippen molar-refractivity contribution in [3.63, 3.8) is 0 Å². The lowest BCUT2D eigenvalue weighted by molar-refractivity contribution is 0.147. The molecule has 2 amide bonds. The number of carbonyl (C=O) groups excluding carboxylic acids is 1. The lowest BCUT2D eigenvalue weighted by atomic mass is 9.84. The van der Waals surface area contributed by atoms with Crippen LogP contribution in [0, 0.1) is 16.7 Å². The Morgan fingerprint density at radius 3 is 3.28 bits per heavy atom. The summed E-state index contributed by atoms with van der Waals surface area (Å²) in [7, 11) is 0.